The molecule has 2 heterocycles. The van der Waals surface area contributed by atoms with E-state index in [9.17, 15) is 0 Å². The lowest BCUT2D eigenvalue weighted by Gasteiger charge is -2.21. The average molecular weight is 349 g/mol. The van der Waals surface area contributed by atoms with Crippen molar-refractivity contribution < 1.29 is 4.42 Å². The minimum Gasteiger partial charge on any atom is -0.438 e. The predicted octanol–water partition coefficient (Wildman–Crippen LogP) is 5.04. The van der Waals surface area contributed by atoms with Gasteiger partial charge in [-0.1, -0.05) is 12.1 Å². The molecule has 0 aliphatic heterocycles. The molecule has 4 aromatic rings. The van der Waals surface area contributed by atoms with Gasteiger partial charge in [-0.05, 0) is 44.2 Å². The van der Waals surface area contributed by atoms with Crippen molar-refractivity contribution in [1.29, 1.82) is 5.41 Å². The van der Waals surface area contributed by atoms with E-state index in [-0.39, 0.29) is 5.55 Å². The van der Waals surface area contributed by atoms with Gasteiger partial charge in [0.15, 0.2) is 0 Å². The monoisotopic (exact) mass is 349 g/mol. The maximum atomic E-state index is 8.32. The fraction of sp³-hybridized carbons (Fsp3) is 0.200. The highest BCUT2D eigenvalue weighted by molar-refractivity contribution is 7.21. The van der Waals surface area contributed by atoms with E-state index in [1.807, 2.05) is 30.3 Å². The first-order chi connectivity index (χ1) is 12.2. The Kier molecular flexibility index (Phi) is 4.01. The van der Waals surface area contributed by atoms with Gasteiger partial charge in [-0.25, -0.2) is 4.98 Å². The minimum atomic E-state index is 0.156. The second-order valence-corrected chi connectivity index (χ2v) is 6.90. The zero-order chi connectivity index (χ0) is 17.4. The Hall–Kier alpha value is -2.66. The van der Waals surface area contributed by atoms with Crippen molar-refractivity contribution in [1.82, 2.24) is 4.98 Å². The third kappa shape index (κ3) is 2.81. The van der Waals surface area contributed by atoms with Crippen LogP contribution in [0.15, 0.2) is 52.9 Å². The maximum Gasteiger partial charge on any atom is 0.222 e. The number of fused-ring (bicyclic) bond motifs is 2. The molecule has 0 aliphatic rings. The summed E-state index contributed by atoms with van der Waals surface area (Å²) in [4.78, 5) is 6.92. The molecule has 0 saturated carbocycles. The van der Waals surface area contributed by atoms with Gasteiger partial charge in [0, 0.05) is 30.2 Å². The molecule has 0 fully saturated rings. The number of benzene rings is 2. The first kappa shape index (κ1) is 15.8. The molecule has 25 heavy (non-hydrogen) atoms. The molecule has 0 unspecified atom stereocenters. The summed E-state index contributed by atoms with van der Waals surface area (Å²) >= 11 is 1.59. The van der Waals surface area contributed by atoms with Gasteiger partial charge < -0.3 is 9.32 Å². The summed E-state index contributed by atoms with van der Waals surface area (Å²) in [5.41, 5.74) is 3.71. The van der Waals surface area contributed by atoms with E-state index in [4.69, 9.17) is 9.83 Å². The van der Waals surface area contributed by atoms with Gasteiger partial charge >= 0.3 is 0 Å². The number of para-hydroxylation sites is 1. The molecular formula is C20H19N3OS. The predicted molar refractivity (Wildman–Crippen MR) is 104 cm³/mol. The van der Waals surface area contributed by atoms with Crippen LogP contribution in [0.3, 0.4) is 0 Å². The lowest BCUT2D eigenvalue weighted by Crippen LogP contribution is -2.21. The van der Waals surface area contributed by atoms with Crippen LogP contribution >= 0.6 is 11.3 Å². The van der Waals surface area contributed by atoms with Crippen molar-refractivity contribution in [3.8, 4) is 10.6 Å². The zero-order valence-electron chi connectivity index (χ0n) is 14.2. The fourth-order valence-electron chi connectivity index (χ4n) is 3.05. The Morgan fingerprint density at radius 2 is 1.88 bits per heavy atom. The molecule has 5 heteroatoms. The molecule has 4 nitrogen and oxygen atoms in total. The molecule has 0 saturated heterocycles. The van der Waals surface area contributed by atoms with Crippen molar-refractivity contribution in [2.45, 2.75) is 13.8 Å². The number of nitrogens with zero attached hydrogens (tertiary/aromatic N) is 2. The van der Waals surface area contributed by atoms with Crippen LogP contribution in [0.1, 0.15) is 13.8 Å². The first-order valence-electron chi connectivity index (χ1n) is 8.43. The number of hydrogen-bond donors (Lipinski definition) is 1. The van der Waals surface area contributed by atoms with Crippen LogP contribution in [0.5, 0.6) is 0 Å². The van der Waals surface area contributed by atoms with Crippen molar-refractivity contribution in [2.24, 2.45) is 0 Å². The molecule has 2 aromatic carbocycles. The molecule has 2 aromatic heterocycles. The van der Waals surface area contributed by atoms with Crippen molar-refractivity contribution in [3.63, 3.8) is 0 Å². The number of thiazole rings is 1. The smallest absolute Gasteiger partial charge is 0.222 e. The van der Waals surface area contributed by atoms with Gasteiger partial charge in [-0.15, -0.1) is 11.3 Å². The average Bonchev–Trinajstić information content (AvgIpc) is 3.06. The highest BCUT2D eigenvalue weighted by Crippen LogP contribution is 2.30. The molecule has 0 atom stereocenters. The van der Waals surface area contributed by atoms with E-state index in [2.05, 4.69) is 41.9 Å². The molecule has 4 rings (SSSR count). The highest BCUT2D eigenvalue weighted by Gasteiger charge is 2.12. The Labute approximate surface area is 149 Å². The summed E-state index contributed by atoms with van der Waals surface area (Å²) in [5.74, 6) is 0. The zero-order valence-corrected chi connectivity index (χ0v) is 15.1. The minimum absolute atomic E-state index is 0.156. The topological polar surface area (TPSA) is 53.1 Å². The molecule has 0 bridgehead atoms. The Morgan fingerprint density at radius 1 is 1.08 bits per heavy atom. The molecule has 0 radical (unpaired) electrons. The molecule has 126 valence electrons. The second kappa shape index (κ2) is 6.33. The normalized spacial score (nSPS) is 11.3. The van der Waals surface area contributed by atoms with E-state index in [1.54, 1.807) is 11.3 Å². The largest absolute Gasteiger partial charge is 0.438 e. The van der Waals surface area contributed by atoms with E-state index in [1.165, 1.54) is 0 Å². The standard InChI is InChI=1S/C20H19N3OS/c1-3-23(4-2)14-10-9-13-11-15(19(21)24-17(13)12-14)20-22-16-7-5-6-8-18(16)25-20/h5-12,21H,3-4H2,1-2H3. The third-order valence-electron chi connectivity index (χ3n) is 4.41. The Balaban J connectivity index is 1.84. The first-order valence-corrected chi connectivity index (χ1v) is 9.24. The fourth-order valence-corrected chi connectivity index (χ4v) is 4.03. The molecular weight excluding hydrogens is 330 g/mol. The lowest BCUT2D eigenvalue weighted by molar-refractivity contribution is 0.536. The number of aromatic nitrogens is 1. The quantitative estimate of drug-likeness (QED) is 0.562. The molecule has 0 amide bonds. The van der Waals surface area contributed by atoms with Gasteiger partial charge in [0.1, 0.15) is 10.6 Å². The van der Waals surface area contributed by atoms with Crippen LogP contribution in [0.2, 0.25) is 0 Å². The Bertz CT molecular complexity index is 1080. The van der Waals surface area contributed by atoms with Gasteiger partial charge in [0.05, 0.1) is 15.8 Å². The summed E-state index contributed by atoms with van der Waals surface area (Å²) in [7, 11) is 0. The summed E-state index contributed by atoms with van der Waals surface area (Å²) < 4.78 is 6.95. The molecule has 0 aliphatic carbocycles. The van der Waals surface area contributed by atoms with Gasteiger partial charge in [0.2, 0.25) is 5.55 Å². The van der Waals surface area contributed by atoms with Crippen molar-refractivity contribution >= 4 is 38.2 Å². The van der Waals surface area contributed by atoms with Crippen LogP contribution in [0.25, 0.3) is 31.8 Å². The van der Waals surface area contributed by atoms with Crippen LogP contribution < -0.4 is 10.5 Å². The lowest BCUT2D eigenvalue weighted by atomic mass is 10.1. The summed E-state index contributed by atoms with van der Waals surface area (Å²) in [5, 5.41) is 10.1. The number of rotatable bonds is 4. The summed E-state index contributed by atoms with van der Waals surface area (Å²) in [6.45, 7) is 6.16. The van der Waals surface area contributed by atoms with E-state index in [0.29, 0.717) is 0 Å². The van der Waals surface area contributed by atoms with E-state index < -0.39 is 0 Å². The second-order valence-electron chi connectivity index (χ2n) is 5.87. The van der Waals surface area contributed by atoms with E-state index >= 15 is 0 Å². The van der Waals surface area contributed by atoms with Crippen LogP contribution in [0, 0.1) is 5.41 Å². The van der Waals surface area contributed by atoms with Gasteiger partial charge in [-0.3, -0.25) is 5.41 Å². The van der Waals surface area contributed by atoms with Crippen LogP contribution in [0.4, 0.5) is 5.69 Å². The maximum absolute atomic E-state index is 8.32. The van der Waals surface area contributed by atoms with Crippen LogP contribution in [-0.2, 0) is 0 Å². The summed E-state index contributed by atoms with van der Waals surface area (Å²) in [6.07, 6.45) is 0. The van der Waals surface area contributed by atoms with Crippen LogP contribution in [-0.4, -0.2) is 18.1 Å². The number of anilines is 1. The summed E-state index contributed by atoms with van der Waals surface area (Å²) in [6, 6.07) is 16.2. The highest BCUT2D eigenvalue weighted by atomic mass is 32.1. The molecule has 0 spiro atoms. The third-order valence-corrected chi connectivity index (χ3v) is 5.48. The Morgan fingerprint density at radius 3 is 2.64 bits per heavy atom. The SMILES string of the molecule is CCN(CC)c1ccc2cc(-c3nc4ccccc4s3)c(=N)oc2c1. The number of hydrogen-bond acceptors (Lipinski definition) is 5. The molecule has 1 N–H and O–H groups in total. The van der Waals surface area contributed by atoms with Gasteiger partial charge in [0.25, 0.3) is 0 Å². The van der Waals surface area contributed by atoms with Gasteiger partial charge in [-0.2, -0.15) is 0 Å². The number of nitrogens with one attached hydrogen (secondary N) is 1. The van der Waals surface area contributed by atoms with Crippen molar-refractivity contribution in [2.75, 3.05) is 18.0 Å². The van der Waals surface area contributed by atoms with E-state index in [0.717, 1.165) is 50.5 Å². The van der Waals surface area contributed by atoms with Crippen molar-refractivity contribution in [3.05, 3.63) is 54.1 Å².